The van der Waals surface area contributed by atoms with Gasteiger partial charge in [0.15, 0.2) is 0 Å². The summed E-state index contributed by atoms with van der Waals surface area (Å²) in [6.45, 7) is 3.57. The van der Waals surface area contributed by atoms with Gasteiger partial charge < -0.3 is 9.64 Å². The van der Waals surface area contributed by atoms with Crippen molar-refractivity contribution in [2.45, 2.75) is 6.92 Å². The molecule has 2 aromatic rings. The number of fused-ring (bicyclic) bond motifs is 1. The molecule has 0 bridgehead atoms. The summed E-state index contributed by atoms with van der Waals surface area (Å²) in [7, 11) is 0. The molecule has 0 atom stereocenters. The van der Waals surface area contributed by atoms with E-state index in [1.807, 2.05) is 37.4 Å². The SMILES string of the molecule is Cc1ccc(N2CCOc3ccccc32)cn1. The average molecular weight is 226 g/mol. The van der Waals surface area contributed by atoms with Gasteiger partial charge in [0, 0.05) is 5.69 Å². The lowest BCUT2D eigenvalue weighted by molar-refractivity contribution is 0.314. The molecule has 1 aliphatic heterocycles. The van der Waals surface area contributed by atoms with Crippen molar-refractivity contribution in [1.29, 1.82) is 0 Å². The number of rotatable bonds is 1. The molecule has 3 heteroatoms. The molecule has 0 unspecified atom stereocenters. The maximum Gasteiger partial charge on any atom is 0.143 e. The van der Waals surface area contributed by atoms with Crippen molar-refractivity contribution in [2.24, 2.45) is 0 Å². The molecule has 1 aromatic carbocycles. The van der Waals surface area contributed by atoms with Crippen LogP contribution in [-0.2, 0) is 0 Å². The first-order valence-corrected chi connectivity index (χ1v) is 5.76. The van der Waals surface area contributed by atoms with E-state index in [-0.39, 0.29) is 0 Å². The predicted octanol–water partition coefficient (Wildman–Crippen LogP) is 2.92. The minimum Gasteiger partial charge on any atom is -0.490 e. The van der Waals surface area contributed by atoms with E-state index in [0.29, 0.717) is 6.61 Å². The maximum atomic E-state index is 5.64. The summed E-state index contributed by atoms with van der Waals surface area (Å²) in [6.07, 6.45) is 1.91. The van der Waals surface area contributed by atoms with Crippen molar-refractivity contribution in [3.63, 3.8) is 0 Å². The number of ether oxygens (including phenoxy) is 1. The highest BCUT2D eigenvalue weighted by molar-refractivity contribution is 5.69. The number of hydrogen-bond acceptors (Lipinski definition) is 3. The summed E-state index contributed by atoms with van der Waals surface area (Å²) in [5.41, 5.74) is 3.27. The van der Waals surface area contributed by atoms with E-state index in [4.69, 9.17) is 4.74 Å². The first kappa shape index (κ1) is 10.1. The van der Waals surface area contributed by atoms with Gasteiger partial charge in [0.1, 0.15) is 12.4 Å². The Labute approximate surface area is 101 Å². The van der Waals surface area contributed by atoms with Crippen LogP contribution in [-0.4, -0.2) is 18.1 Å². The molecule has 0 aliphatic carbocycles. The molecular weight excluding hydrogens is 212 g/mol. The van der Waals surface area contributed by atoms with Gasteiger partial charge in [0.2, 0.25) is 0 Å². The smallest absolute Gasteiger partial charge is 0.143 e. The minimum atomic E-state index is 0.713. The number of hydrogen-bond donors (Lipinski definition) is 0. The lowest BCUT2D eigenvalue weighted by Gasteiger charge is -2.30. The highest BCUT2D eigenvalue weighted by atomic mass is 16.5. The largest absolute Gasteiger partial charge is 0.490 e. The second-order valence-electron chi connectivity index (χ2n) is 4.13. The summed E-state index contributed by atoms with van der Waals surface area (Å²) in [5.74, 6) is 0.944. The fourth-order valence-electron chi connectivity index (χ4n) is 2.06. The Morgan fingerprint density at radius 2 is 2.06 bits per heavy atom. The third kappa shape index (κ3) is 1.84. The summed E-state index contributed by atoms with van der Waals surface area (Å²) < 4.78 is 5.64. The molecule has 0 N–H and O–H groups in total. The van der Waals surface area contributed by atoms with Crippen LogP contribution in [0.25, 0.3) is 0 Å². The Balaban J connectivity index is 2.03. The average Bonchev–Trinajstić information content (AvgIpc) is 2.39. The molecule has 3 rings (SSSR count). The van der Waals surface area contributed by atoms with Crippen LogP contribution in [0.4, 0.5) is 11.4 Å². The van der Waals surface area contributed by atoms with E-state index in [1.54, 1.807) is 0 Å². The van der Waals surface area contributed by atoms with E-state index in [0.717, 1.165) is 29.4 Å². The number of aryl methyl sites for hydroxylation is 1. The Bertz CT molecular complexity index is 522. The van der Waals surface area contributed by atoms with Crippen LogP contribution in [0.5, 0.6) is 5.75 Å². The van der Waals surface area contributed by atoms with Crippen LogP contribution in [0, 0.1) is 6.92 Å². The van der Waals surface area contributed by atoms with Gasteiger partial charge in [-0.1, -0.05) is 12.1 Å². The Morgan fingerprint density at radius 3 is 2.88 bits per heavy atom. The number of para-hydroxylation sites is 2. The van der Waals surface area contributed by atoms with Crippen LogP contribution >= 0.6 is 0 Å². The van der Waals surface area contributed by atoms with Crippen molar-refractivity contribution < 1.29 is 4.74 Å². The van der Waals surface area contributed by atoms with E-state index in [1.165, 1.54) is 0 Å². The molecule has 0 saturated heterocycles. The molecule has 0 fully saturated rings. The first-order chi connectivity index (χ1) is 8.34. The normalized spacial score (nSPS) is 14.1. The predicted molar refractivity (Wildman–Crippen MR) is 67.9 cm³/mol. The molecule has 3 nitrogen and oxygen atoms in total. The monoisotopic (exact) mass is 226 g/mol. The quantitative estimate of drug-likeness (QED) is 0.747. The molecular formula is C14H14N2O. The molecule has 1 aliphatic rings. The summed E-state index contributed by atoms with van der Waals surface area (Å²) in [4.78, 5) is 6.59. The van der Waals surface area contributed by atoms with Gasteiger partial charge in [0.05, 0.1) is 24.1 Å². The number of benzene rings is 1. The van der Waals surface area contributed by atoms with Crippen molar-refractivity contribution in [3.8, 4) is 5.75 Å². The van der Waals surface area contributed by atoms with Crippen LogP contribution in [0.1, 0.15) is 5.69 Å². The lowest BCUT2D eigenvalue weighted by atomic mass is 10.2. The highest BCUT2D eigenvalue weighted by Crippen LogP contribution is 2.35. The number of aromatic nitrogens is 1. The van der Waals surface area contributed by atoms with Gasteiger partial charge >= 0.3 is 0 Å². The Hall–Kier alpha value is -2.03. The molecule has 0 amide bonds. The molecule has 1 aromatic heterocycles. The first-order valence-electron chi connectivity index (χ1n) is 5.76. The second kappa shape index (κ2) is 4.09. The standard InChI is InChI=1S/C14H14N2O/c1-11-6-7-12(10-15-11)16-8-9-17-14-5-3-2-4-13(14)16/h2-7,10H,8-9H2,1H3. The summed E-state index contributed by atoms with van der Waals surface area (Å²) in [5, 5.41) is 0. The molecule has 0 radical (unpaired) electrons. The van der Waals surface area contributed by atoms with Crippen molar-refractivity contribution in [2.75, 3.05) is 18.1 Å². The third-order valence-electron chi connectivity index (χ3n) is 2.94. The van der Waals surface area contributed by atoms with Gasteiger partial charge in [-0.05, 0) is 31.2 Å². The van der Waals surface area contributed by atoms with Gasteiger partial charge in [-0.15, -0.1) is 0 Å². The van der Waals surface area contributed by atoms with Crippen molar-refractivity contribution >= 4 is 11.4 Å². The van der Waals surface area contributed by atoms with Gasteiger partial charge in [-0.25, -0.2) is 0 Å². The van der Waals surface area contributed by atoms with E-state index >= 15 is 0 Å². The zero-order chi connectivity index (χ0) is 11.7. The number of anilines is 2. The van der Waals surface area contributed by atoms with Crippen molar-refractivity contribution in [3.05, 3.63) is 48.3 Å². The van der Waals surface area contributed by atoms with E-state index in [9.17, 15) is 0 Å². The van der Waals surface area contributed by atoms with E-state index in [2.05, 4.69) is 22.0 Å². The van der Waals surface area contributed by atoms with Crippen LogP contribution in [0.3, 0.4) is 0 Å². The van der Waals surface area contributed by atoms with Crippen LogP contribution in [0.15, 0.2) is 42.6 Å². The molecule has 0 spiro atoms. The zero-order valence-electron chi connectivity index (χ0n) is 9.76. The number of pyridine rings is 1. The minimum absolute atomic E-state index is 0.713. The van der Waals surface area contributed by atoms with Crippen molar-refractivity contribution in [1.82, 2.24) is 4.98 Å². The molecule has 2 heterocycles. The van der Waals surface area contributed by atoms with Gasteiger partial charge in [-0.2, -0.15) is 0 Å². The molecule has 17 heavy (non-hydrogen) atoms. The maximum absolute atomic E-state index is 5.64. The zero-order valence-corrected chi connectivity index (χ0v) is 9.76. The second-order valence-corrected chi connectivity index (χ2v) is 4.13. The number of nitrogens with zero attached hydrogens (tertiary/aromatic N) is 2. The lowest BCUT2D eigenvalue weighted by Crippen LogP contribution is -2.28. The fourth-order valence-corrected chi connectivity index (χ4v) is 2.06. The summed E-state index contributed by atoms with van der Waals surface area (Å²) >= 11 is 0. The third-order valence-corrected chi connectivity index (χ3v) is 2.94. The van der Waals surface area contributed by atoms with Crippen LogP contribution < -0.4 is 9.64 Å². The Kier molecular flexibility index (Phi) is 2.44. The summed E-state index contributed by atoms with van der Waals surface area (Å²) in [6, 6.07) is 12.2. The van der Waals surface area contributed by atoms with Gasteiger partial charge in [0.25, 0.3) is 0 Å². The molecule has 86 valence electrons. The topological polar surface area (TPSA) is 25.4 Å². The highest BCUT2D eigenvalue weighted by Gasteiger charge is 2.18. The van der Waals surface area contributed by atoms with Gasteiger partial charge in [-0.3, -0.25) is 4.98 Å². The molecule has 0 saturated carbocycles. The van der Waals surface area contributed by atoms with Crippen LogP contribution in [0.2, 0.25) is 0 Å². The fraction of sp³-hybridized carbons (Fsp3) is 0.214. The van der Waals surface area contributed by atoms with E-state index < -0.39 is 0 Å². The Morgan fingerprint density at radius 1 is 1.18 bits per heavy atom.